The summed E-state index contributed by atoms with van der Waals surface area (Å²) in [7, 11) is -2.05. The van der Waals surface area contributed by atoms with Crippen molar-refractivity contribution in [3.05, 3.63) is 30.3 Å². The lowest BCUT2D eigenvalue weighted by Gasteiger charge is -2.05. The number of nitrogen functional groups attached to an aromatic ring is 1. The number of nitrogens with one attached hydrogen (secondary N) is 2. The number of anilines is 1. The fraction of sp³-hybridized carbons (Fsp3) is 0.100. The molecule has 2 rings (SSSR count). The predicted molar refractivity (Wildman–Crippen MR) is 65.8 cm³/mol. The summed E-state index contributed by atoms with van der Waals surface area (Å²) in [5.74, 6) is 5.77. The maximum absolute atomic E-state index is 11.6. The Kier molecular flexibility index (Phi) is 2.97. The molecule has 0 amide bonds. The topological polar surface area (TPSA) is 97.1 Å². The molecule has 0 saturated carbocycles. The Balaban J connectivity index is 2.60. The first-order valence-electron chi connectivity index (χ1n) is 4.88. The van der Waals surface area contributed by atoms with Crippen LogP contribution in [0.1, 0.15) is 0 Å². The van der Waals surface area contributed by atoms with Gasteiger partial charge in [0.25, 0.3) is 0 Å². The number of benzene rings is 1. The van der Waals surface area contributed by atoms with Crippen LogP contribution in [-0.2, 0) is 10.0 Å². The second kappa shape index (κ2) is 4.28. The van der Waals surface area contributed by atoms with Crippen LogP contribution in [-0.4, -0.2) is 20.4 Å². The van der Waals surface area contributed by atoms with E-state index in [1.54, 1.807) is 24.3 Å². The molecular formula is C10H12N4O2S. The number of fused-ring (bicyclic) bond motifs is 1. The van der Waals surface area contributed by atoms with Crippen molar-refractivity contribution in [3.63, 3.8) is 0 Å². The molecule has 1 heterocycles. The third-order valence-electron chi connectivity index (χ3n) is 2.39. The SMILES string of the molecule is CNS(=O)(=O)c1ccc2nc(NN)ccc2c1. The van der Waals surface area contributed by atoms with Crippen molar-refractivity contribution in [2.75, 3.05) is 12.5 Å². The van der Waals surface area contributed by atoms with Crippen LogP contribution in [0.3, 0.4) is 0 Å². The van der Waals surface area contributed by atoms with Crippen molar-refractivity contribution in [3.8, 4) is 0 Å². The van der Waals surface area contributed by atoms with Crippen molar-refractivity contribution >= 4 is 26.7 Å². The van der Waals surface area contributed by atoms with Gasteiger partial charge in [-0.3, -0.25) is 0 Å². The lowest BCUT2D eigenvalue weighted by Crippen LogP contribution is -2.18. The van der Waals surface area contributed by atoms with Gasteiger partial charge in [-0.25, -0.2) is 24.0 Å². The highest BCUT2D eigenvalue weighted by molar-refractivity contribution is 7.89. The first-order chi connectivity index (χ1) is 8.06. The van der Waals surface area contributed by atoms with E-state index in [2.05, 4.69) is 15.1 Å². The highest BCUT2D eigenvalue weighted by atomic mass is 32.2. The second-order valence-corrected chi connectivity index (χ2v) is 5.29. The van der Waals surface area contributed by atoms with Crippen LogP contribution in [0.25, 0.3) is 10.9 Å². The summed E-state index contributed by atoms with van der Waals surface area (Å²) < 4.78 is 25.5. The first kappa shape index (κ1) is 11.8. The lowest BCUT2D eigenvalue weighted by atomic mass is 10.2. The molecule has 0 spiro atoms. The van der Waals surface area contributed by atoms with Gasteiger partial charge in [0.1, 0.15) is 5.82 Å². The van der Waals surface area contributed by atoms with Gasteiger partial charge in [-0.1, -0.05) is 0 Å². The third-order valence-corrected chi connectivity index (χ3v) is 3.80. The summed E-state index contributed by atoms with van der Waals surface area (Å²) in [6, 6.07) is 8.14. The largest absolute Gasteiger partial charge is 0.308 e. The van der Waals surface area contributed by atoms with Crippen LogP contribution < -0.4 is 16.0 Å². The highest BCUT2D eigenvalue weighted by Gasteiger charge is 2.11. The van der Waals surface area contributed by atoms with E-state index in [4.69, 9.17) is 5.84 Å². The Labute approximate surface area is 98.9 Å². The number of sulfonamides is 1. The minimum atomic E-state index is -3.42. The fourth-order valence-corrected chi connectivity index (χ4v) is 2.23. The van der Waals surface area contributed by atoms with Gasteiger partial charge in [-0.05, 0) is 37.4 Å². The number of pyridine rings is 1. The zero-order chi connectivity index (χ0) is 12.5. The number of nitrogens with two attached hydrogens (primary N) is 1. The summed E-state index contributed by atoms with van der Waals surface area (Å²) in [6.45, 7) is 0. The quantitative estimate of drug-likeness (QED) is 0.543. The minimum Gasteiger partial charge on any atom is -0.308 e. The van der Waals surface area contributed by atoms with E-state index in [9.17, 15) is 8.42 Å². The van der Waals surface area contributed by atoms with E-state index in [-0.39, 0.29) is 4.90 Å². The third kappa shape index (κ3) is 2.21. The van der Waals surface area contributed by atoms with Crippen LogP contribution in [0, 0.1) is 0 Å². The first-order valence-corrected chi connectivity index (χ1v) is 6.36. The van der Waals surface area contributed by atoms with Crippen LogP contribution in [0.2, 0.25) is 0 Å². The van der Waals surface area contributed by atoms with Crippen LogP contribution in [0.4, 0.5) is 5.82 Å². The monoisotopic (exact) mass is 252 g/mol. The molecular weight excluding hydrogens is 240 g/mol. The average molecular weight is 252 g/mol. The molecule has 1 aromatic carbocycles. The summed E-state index contributed by atoms with van der Waals surface area (Å²) in [5, 5.41) is 0.736. The van der Waals surface area contributed by atoms with Gasteiger partial charge in [0.05, 0.1) is 10.4 Å². The van der Waals surface area contributed by atoms with E-state index in [0.717, 1.165) is 5.39 Å². The lowest BCUT2D eigenvalue weighted by molar-refractivity contribution is 0.588. The number of nitrogens with zero attached hydrogens (tertiary/aromatic N) is 1. The molecule has 17 heavy (non-hydrogen) atoms. The average Bonchev–Trinajstić information content (AvgIpc) is 2.37. The van der Waals surface area contributed by atoms with Crippen molar-refractivity contribution in [1.82, 2.24) is 9.71 Å². The van der Waals surface area contributed by atoms with Crippen molar-refractivity contribution in [1.29, 1.82) is 0 Å². The molecule has 0 radical (unpaired) electrons. The number of hydrazine groups is 1. The molecule has 0 aliphatic heterocycles. The Morgan fingerprint density at radius 3 is 2.65 bits per heavy atom. The van der Waals surface area contributed by atoms with Gasteiger partial charge in [0, 0.05) is 5.39 Å². The zero-order valence-electron chi connectivity index (χ0n) is 9.14. The second-order valence-electron chi connectivity index (χ2n) is 3.40. The Bertz CT molecular complexity index is 654. The van der Waals surface area contributed by atoms with E-state index < -0.39 is 10.0 Å². The number of hydrogen-bond acceptors (Lipinski definition) is 5. The smallest absolute Gasteiger partial charge is 0.240 e. The molecule has 4 N–H and O–H groups in total. The molecule has 7 heteroatoms. The summed E-state index contributed by atoms with van der Waals surface area (Å²) in [6.07, 6.45) is 0. The predicted octanol–water partition coefficient (Wildman–Crippen LogP) is 0.428. The fourth-order valence-electron chi connectivity index (χ4n) is 1.47. The summed E-state index contributed by atoms with van der Waals surface area (Å²) in [4.78, 5) is 4.40. The molecule has 0 fully saturated rings. The Morgan fingerprint density at radius 1 is 1.24 bits per heavy atom. The normalized spacial score (nSPS) is 11.6. The molecule has 0 unspecified atom stereocenters. The van der Waals surface area contributed by atoms with Gasteiger partial charge >= 0.3 is 0 Å². The Hall–Kier alpha value is -1.70. The molecule has 0 saturated heterocycles. The molecule has 2 aromatic rings. The van der Waals surface area contributed by atoms with Gasteiger partial charge in [-0.2, -0.15) is 0 Å². The van der Waals surface area contributed by atoms with E-state index in [1.165, 1.54) is 13.1 Å². The number of hydrogen-bond donors (Lipinski definition) is 3. The molecule has 0 bridgehead atoms. The number of rotatable bonds is 3. The molecule has 0 aliphatic carbocycles. The van der Waals surface area contributed by atoms with Gasteiger partial charge in [0.2, 0.25) is 10.0 Å². The maximum Gasteiger partial charge on any atom is 0.240 e. The minimum absolute atomic E-state index is 0.211. The molecule has 90 valence electrons. The number of aromatic nitrogens is 1. The zero-order valence-corrected chi connectivity index (χ0v) is 9.95. The standard InChI is InChI=1S/C10H12N4O2S/c1-12-17(15,16)8-3-4-9-7(6-8)2-5-10(13-9)14-11/h2-6,12H,11H2,1H3,(H,13,14). The molecule has 0 aliphatic rings. The van der Waals surface area contributed by atoms with Gasteiger partial charge in [0.15, 0.2) is 0 Å². The van der Waals surface area contributed by atoms with Gasteiger partial charge < -0.3 is 5.43 Å². The Morgan fingerprint density at radius 2 is 2.00 bits per heavy atom. The molecule has 6 nitrogen and oxygen atoms in total. The van der Waals surface area contributed by atoms with E-state index >= 15 is 0 Å². The van der Waals surface area contributed by atoms with Crippen molar-refractivity contribution in [2.24, 2.45) is 5.84 Å². The van der Waals surface area contributed by atoms with Crippen LogP contribution in [0.5, 0.6) is 0 Å². The van der Waals surface area contributed by atoms with E-state index in [0.29, 0.717) is 11.3 Å². The van der Waals surface area contributed by atoms with E-state index in [1.807, 2.05) is 0 Å². The summed E-state index contributed by atoms with van der Waals surface area (Å²) in [5.41, 5.74) is 3.11. The van der Waals surface area contributed by atoms with Crippen molar-refractivity contribution in [2.45, 2.75) is 4.90 Å². The summed E-state index contributed by atoms with van der Waals surface area (Å²) >= 11 is 0. The highest BCUT2D eigenvalue weighted by Crippen LogP contribution is 2.19. The van der Waals surface area contributed by atoms with Crippen LogP contribution in [0.15, 0.2) is 35.2 Å². The molecule has 0 atom stereocenters. The van der Waals surface area contributed by atoms with Gasteiger partial charge in [-0.15, -0.1) is 0 Å². The van der Waals surface area contributed by atoms with Crippen LogP contribution >= 0.6 is 0 Å². The van der Waals surface area contributed by atoms with Crippen molar-refractivity contribution < 1.29 is 8.42 Å². The maximum atomic E-state index is 11.6. The molecule has 1 aromatic heterocycles.